The van der Waals surface area contributed by atoms with E-state index in [9.17, 15) is 4.79 Å². The number of fused-ring (bicyclic) bond motifs is 1. The number of nitrogens with zero attached hydrogens (tertiary/aromatic N) is 2. The number of carbonyl (C=O) groups excluding carboxylic acids is 1. The van der Waals surface area contributed by atoms with Crippen LogP contribution in [0.4, 0.5) is 5.69 Å². The average molecular weight is 361 g/mol. The van der Waals surface area contributed by atoms with E-state index in [0.29, 0.717) is 28.4 Å². The molecule has 136 valence electrons. The lowest BCUT2D eigenvalue weighted by Crippen LogP contribution is -2.28. The van der Waals surface area contributed by atoms with Crippen LogP contribution < -0.4 is 21.0 Å². The summed E-state index contributed by atoms with van der Waals surface area (Å²) in [4.78, 5) is 21.3. The molecule has 4 rings (SSSR count). The van der Waals surface area contributed by atoms with Crippen LogP contribution in [0.1, 0.15) is 23.7 Å². The van der Waals surface area contributed by atoms with Gasteiger partial charge < -0.3 is 14.5 Å². The second kappa shape index (κ2) is 7.07. The second-order valence-corrected chi connectivity index (χ2v) is 6.38. The molecule has 6 nitrogen and oxygen atoms in total. The summed E-state index contributed by atoms with van der Waals surface area (Å²) in [5, 5.41) is 2.87. The van der Waals surface area contributed by atoms with E-state index in [2.05, 4.69) is 15.3 Å². The number of amides is 1. The van der Waals surface area contributed by atoms with Crippen molar-refractivity contribution >= 4 is 17.7 Å². The molecule has 0 saturated carbocycles. The normalized spacial score (nSPS) is 15.3. The second-order valence-electron chi connectivity index (χ2n) is 6.38. The molecule has 1 amide bonds. The van der Waals surface area contributed by atoms with E-state index < -0.39 is 0 Å². The number of hydrogen-bond acceptors (Lipinski definition) is 5. The highest BCUT2D eigenvalue weighted by molar-refractivity contribution is 6.04. The highest BCUT2D eigenvalue weighted by atomic mass is 16.5. The number of hydrogen-bond donors (Lipinski definition) is 1. The van der Waals surface area contributed by atoms with Crippen LogP contribution in [0, 0.1) is 0 Å². The molecule has 6 heteroatoms. The van der Waals surface area contributed by atoms with E-state index in [-0.39, 0.29) is 11.9 Å². The Morgan fingerprint density at radius 3 is 2.59 bits per heavy atom. The number of ether oxygens (including phenoxy) is 1. The monoisotopic (exact) mass is 361 g/mol. The van der Waals surface area contributed by atoms with Gasteiger partial charge in [0.2, 0.25) is 5.89 Å². The van der Waals surface area contributed by atoms with Crippen molar-refractivity contribution in [1.29, 1.82) is 0 Å². The number of methoxy groups -OCH3 is 1. The first-order valence-corrected chi connectivity index (χ1v) is 8.73. The predicted molar refractivity (Wildman–Crippen MR) is 102 cm³/mol. The molecule has 0 bridgehead atoms. The first-order valence-electron chi connectivity index (χ1n) is 8.73. The largest absolute Gasteiger partial charge is 0.497 e. The average Bonchev–Trinajstić information content (AvgIpc) is 3.11. The summed E-state index contributed by atoms with van der Waals surface area (Å²) in [5.41, 5.74) is 3.47. The standard InChI is InChI=1S/C21H19N3O3/c1-13-3-12-18-19(22-13)24-21(27-18)15-4-8-16(9-5-15)23-20(25)14-6-10-17(26-2)11-7-14/h4-13H,3H2,1-2H3,(H,23,25). The molecule has 1 unspecified atom stereocenters. The van der Waals surface area contributed by atoms with Gasteiger partial charge >= 0.3 is 0 Å². The molecule has 0 spiro atoms. The summed E-state index contributed by atoms with van der Waals surface area (Å²) in [6.07, 6.45) is 2.88. The minimum atomic E-state index is -0.181. The predicted octanol–water partition coefficient (Wildman–Crippen LogP) is 2.79. The molecule has 0 saturated heterocycles. The Balaban J connectivity index is 1.51. The van der Waals surface area contributed by atoms with Crippen molar-refractivity contribution in [2.75, 3.05) is 12.4 Å². The zero-order valence-corrected chi connectivity index (χ0v) is 15.1. The van der Waals surface area contributed by atoms with Crippen LogP contribution in [0.5, 0.6) is 5.75 Å². The van der Waals surface area contributed by atoms with Gasteiger partial charge in [0, 0.05) is 16.8 Å². The maximum Gasteiger partial charge on any atom is 0.255 e. The van der Waals surface area contributed by atoms with E-state index >= 15 is 0 Å². The van der Waals surface area contributed by atoms with Gasteiger partial charge in [0.1, 0.15) is 5.75 Å². The van der Waals surface area contributed by atoms with Gasteiger partial charge in [0.25, 0.3) is 5.91 Å². The maximum atomic E-state index is 12.3. The topological polar surface area (TPSA) is 76.7 Å². The van der Waals surface area contributed by atoms with E-state index in [1.54, 1.807) is 31.4 Å². The lowest BCUT2D eigenvalue weighted by atomic mass is 10.1. The van der Waals surface area contributed by atoms with Crippen LogP contribution in [-0.4, -0.2) is 24.0 Å². The van der Waals surface area contributed by atoms with Gasteiger partial charge in [-0.15, -0.1) is 0 Å². The van der Waals surface area contributed by atoms with Crippen molar-refractivity contribution < 1.29 is 13.9 Å². The van der Waals surface area contributed by atoms with Crippen LogP contribution in [0.15, 0.2) is 57.9 Å². The van der Waals surface area contributed by atoms with Gasteiger partial charge in [-0.1, -0.05) is 0 Å². The molecule has 2 aromatic carbocycles. The first-order chi connectivity index (χ1) is 13.1. The van der Waals surface area contributed by atoms with Gasteiger partial charge in [0.15, 0.2) is 10.9 Å². The molecule has 1 N–H and O–H groups in total. The van der Waals surface area contributed by atoms with Crippen molar-refractivity contribution in [3.63, 3.8) is 0 Å². The quantitative estimate of drug-likeness (QED) is 0.775. The lowest BCUT2D eigenvalue weighted by Gasteiger charge is -2.06. The molecule has 0 aliphatic carbocycles. The Morgan fingerprint density at radius 2 is 1.89 bits per heavy atom. The molecule has 1 aliphatic rings. The molecule has 0 fully saturated rings. The van der Waals surface area contributed by atoms with Crippen molar-refractivity contribution in [3.05, 3.63) is 65.0 Å². The lowest BCUT2D eigenvalue weighted by molar-refractivity contribution is 0.102. The highest BCUT2D eigenvalue weighted by Gasteiger charge is 2.12. The molecule has 2 heterocycles. The van der Waals surface area contributed by atoms with Crippen molar-refractivity contribution in [3.8, 4) is 17.2 Å². The molecule has 1 aromatic heterocycles. The molecule has 0 radical (unpaired) electrons. The van der Waals surface area contributed by atoms with E-state index in [1.165, 1.54) is 0 Å². The third-order valence-corrected chi connectivity index (χ3v) is 4.36. The zero-order chi connectivity index (χ0) is 18.8. The Morgan fingerprint density at radius 1 is 1.15 bits per heavy atom. The van der Waals surface area contributed by atoms with Crippen LogP contribution in [0.2, 0.25) is 0 Å². The van der Waals surface area contributed by atoms with Crippen molar-refractivity contribution in [1.82, 2.24) is 4.98 Å². The van der Waals surface area contributed by atoms with Gasteiger partial charge in [-0.3, -0.25) is 9.79 Å². The molecule has 1 atom stereocenters. The number of rotatable bonds is 4. The number of nitrogens with one attached hydrogen (secondary N) is 1. The SMILES string of the molecule is COc1ccc(C(=O)Nc2ccc(-c3nc4c(o3)=CCC(C)N=4)cc2)cc1. The van der Waals surface area contributed by atoms with E-state index in [0.717, 1.165) is 17.4 Å². The van der Waals surface area contributed by atoms with Gasteiger partial charge in [-0.25, -0.2) is 0 Å². The fraction of sp³-hybridized carbons (Fsp3) is 0.190. The summed E-state index contributed by atoms with van der Waals surface area (Å²) in [7, 11) is 1.59. The van der Waals surface area contributed by atoms with Crippen LogP contribution >= 0.6 is 0 Å². The molecule has 1 aliphatic heterocycles. The maximum absolute atomic E-state index is 12.3. The number of benzene rings is 2. The van der Waals surface area contributed by atoms with Gasteiger partial charge in [-0.05, 0) is 68.0 Å². The molecular weight excluding hydrogens is 342 g/mol. The Labute approximate surface area is 156 Å². The Hall–Kier alpha value is -3.41. The Kier molecular flexibility index (Phi) is 4.46. The van der Waals surface area contributed by atoms with Crippen LogP contribution in [0.3, 0.4) is 0 Å². The smallest absolute Gasteiger partial charge is 0.255 e. The zero-order valence-electron chi connectivity index (χ0n) is 15.1. The third kappa shape index (κ3) is 3.60. The van der Waals surface area contributed by atoms with E-state index in [1.807, 2.05) is 37.3 Å². The fourth-order valence-electron chi connectivity index (χ4n) is 2.85. The third-order valence-electron chi connectivity index (χ3n) is 4.36. The van der Waals surface area contributed by atoms with Gasteiger partial charge in [0.05, 0.1) is 13.2 Å². The summed E-state index contributed by atoms with van der Waals surface area (Å²) in [6, 6.07) is 14.6. The van der Waals surface area contributed by atoms with Crippen molar-refractivity contribution in [2.45, 2.75) is 19.4 Å². The molecule has 3 aromatic rings. The van der Waals surface area contributed by atoms with Crippen LogP contribution in [0.25, 0.3) is 17.5 Å². The Bertz CT molecular complexity index is 1080. The number of carbonyl (C=O) groups is 1. The van der Waals surface area contributed by atoms with E-state index in [4.69, 9.17) is 9.15 Å². The minimum absolute atomic E-state index is 0.181. The number of oxazole rings is 1. The first kappa shape index (κ1) is 17.0. The molecular formula is C21H19N3O3. The molecule has 27 heavy (non-hydrogen) atoms. The van der Waals surface area contributed by atoms with Gasteiger partial charge in [-0.2, -0.15) is 4.98 Å². The summed E-state index contributed by atoms with van der Waals surface area (Å²) in [5.74, 6) is 1.06. The summed E-state index contributed by atoms with van der Waals surface area (Å²) in [6.45, 7) is 2.05. The van der Waals surface area contributed by atoms with Crippen LogP contribution in [-0.2, 0) is 0 Å². The number of anilines is 1. The number of aromatic nitrogens is 1. The summed E-state index contributed by atoms with van der Waals surface area (Å²) >= 11 is 0. The minimum Gasteiger partial charge on any atom is -0.497 e. The fourth-order valence-corrected chi connectivity index (χ4v) is 2.85. The van der Waals surface area contributed by atoms with Crippen molar-refractivity contribution in [2.24, 2.45) is 4.99 Å². The summed E-state index contributed by atoms with van der Waals surface area (Å²) < 4.78 is 10.9. The highest BCUT2D eigenvalue weighted by Crippen LogP contribution is 2.19.